The number of amides is 1. The second kappa shape index (κ2) is 9.32. The summed E-state index contributed by atoms with van der Waals surface area (Å²) in [7, 11) is 0. The number of aromatic amines is 1. The van der Waals surface area contributed by atoms with E-state index in [0.29, 0.717) is 24.7 Å². The highest BCUT2D eigenvalue weighted by Gasteiger charge is 2.19. The molecule has 0 fully saturated rings. The molecule has 8 heteroatoms. The number of para-hydroxylation sites is 2. The highest BCUT2D eigenvalue weighted by atomic mass is 32.1. The molecule has 0 aliphatic carbocycles. The van der Waals surface area contributed by atoms with Gasteiger partial charge in [-0.25, -0.2) is 9.97 Å². The van der Waals surface area contributed by atoms with E-state index in [4.69, 9.17) is 0 Å². The fraction of sp³-hybridized carbons (Fsp3) is 0.364. The van der Waals surface area contributed by atoms with Gasteiger partial charge >= 0.3 is 0 Å². The Morgan fingerprint density at radius 2 is 2.13 bits per heavy atom. The second-order valence-corrected chi connectivity index (χ2v) is 8.52. The third-order valence-corrected chi connectivity index (χ3v) is 6.01. The summed E-state index contributed by atoms with van der Waals surface area (Å²) in [6, 6.07) is 8.08. The number of allylic oxidation sites excluding steroid dienone is 1. The minimum atomic E-state index is -0.138. The molecule has 2 atom stereocenters. The van der Waals surface area contributed by atoms with Crippen molar-refractivity contribution in [2.75, 3.05) is 13.1 Å². The van der Waals surface area contributed by atoms with Crippen LogP contribution in [0.3, 0.4) is 0 Å². The molecular formula is C22H26N6OS. The molecule has 0 spiro atoms. The lowest BCUT2D eigenvalue weighted by molar-refractivity contribution is 0.0945. The summed E-state index contributed by atoms with van der Waals surface area (Å²) in [5.41, 5.74) is 3.67. The van der Waals surface area contributed by atoms with E-state index in [2.05, 4.69) is 43.6 Å². The van der Waals surface area contributed by atoms with Crippen LogP contribution in [-0.2, 0) is 13.0 Å². The van der Waals surface area contributed by atoms with E-state index in [9.17, 15) is 4.79 Å². The van der Waals surface area contributed by atoms with Crippen LogP contribution in [0.15, 0.2) is 46.3 Å². The Bertz CT molecular complexity index is 1050. The molecule has 0 saturated heterocycles. The Morgan fingerprint density at radius 1 is 1.27 bits per heavy atom. The van der Waals surface area contributed by atoms with Crippen molar-refractivity contribution < 1.29 is 4.79 Å². The average Bonchev–Trinajstić information content (AvgIpc) is 3.37. The normalized spacial score (nSPS) is 18.5. The fourth-order valence-electron chi connectivity index (χ4n) is 3.47. The van der Waals surface area contributed by atoms with Gasteiger partial charge in [0, 0.05) is 31.1 Å². The van der Waals surface area contributed by atoms with Gasteiger partial charge in [-0.1, -0.05) is 25.1 Å². The van der Waals surface area contributed by atoms with Gasteiger partial charge in [-0.2, -0.15) is 0 Å². The maximum Gasteiger partial charge on any atom is 0.270 e. The second-order valence-electron chi connectivity index (χ2n) is 7.58. The van der Waals surface area contributed by atoms with E-state index in [1.165, 1.54) is 16.9 Å². The molecule has 1 aromatic carbocycles. The Balaban J connectivity index is 1.21. The number of benzene rings is 1. The third-order valence-electron chi connectivity index (χ3n) is 5.11. The first-order valence-corrected chi connectivity index (χ1v) is 11.0. The third kappa shape index (κ3) is 5.01. The summed E-state index contributed by atoms with van der Waals surface area (Å²) in [5, 5.41) is 9.11. The van der Waals surface area contributed by atoms with Crippen LogP contribution < -0.4 is 10.6 Å². The first kappa shape index (κ1) is 20.4. The number of imidazole rings is 1. The lowest BCUT2D eigenvalue weighted by Gasteiger charge is -2.21. The van der Waals surface area contributed by atoms with Gasteiger partial charge in [0.05, 0.1) is 28.6 Å². The Hall–Kier alpha value is -2.84. The number of dihydropyridines is 1. The molecule has 3 N–H and O–H groups in total. The summed E-state index contributed by atoms with van der Waals surface area (Å²) in [4.78, 5) is 29.3. The van der Waals surface area contributed by atoms with Crippen LogP contribution in [0, 0.1) is 5.92 Å². The quantitative estimate of drug-likeness (QED) is 0.486. The molecule has 3 heterocycles. The van der Waals surface area contributed by atoms with Crippen LogP contribution in [0.5, 0.6) is 0 Å². The van der Waals surface area contributed by atoms with E-state index in [1.54, 1.807) is 0 Å². The molecule has 1 aliphatic heterocycles. The Kier molecular flexibility index (Phi) is 6.35. The molecule has 1 amide bonds. The van der Waals surface area contributed by atoms with Crippen molar-refractivity contribution >= 4 is 34.5 Å². The van der Waals surface area contributed by atoms with E-state index >= 15 is 0 Å². The molecular weight excluding hydrogens is 396 g/mol. The van der Waals surface area contributed by atoms with Crippen molar-refractivity contribution in [3.05, 3.63) is 57.8 Å². The molecule has 2 unspecified atom stereocenters. The number of rotatable bonds is 8. The van der Waals surface area contributed by atoms with Gasteiger partial charge in [0.1, 0.15) is 11.5 Å². The monoisotopic (exact) mass is 422 g/mol. The van der Waals surface area contributed by atoms with Crippen molar-refractivity contribution in [1.29, 1.82) is 0 Å². The first-order chi connectivity index (χ1) is 14.6. The van der Waals surface area contributed by atoms with Crippen LogP contribution in [0.2, 0.25) is 0 Å². The number of hydrogen-bond donors (Lipinski definition) is 3. The zero-order valence-corrected chi connectivity index (χ0v) is 18.0. The number of aromatic nitrogens is 3. The average molecular weight is 423 g/mol. The summed E-state index contributed by atoms with van der Waals surface area (Å²) in [5.74, 6) is 1.10. The minimum Gasteiger partial charge on any atom is -0.349 e. The van der Waals surface area contributed by atoms with Crippen LogP contribution in [-0.4, -0.2) is 46.2 Å². The van der Waals surface area contributed by atoms with E-state index < -0.39 is 0 Å². The zero-order chi connectivity index (χ0) is 20.9. The van der Waals surface area contributed by atoms with Gasteiger partial charge in [-0.15, -0.1) is 11.3 Å². The predicted molar refractivity (Wildman–Crippen MR) is 121 cm³/mol. The zero-order valence-electron chi connectivity index (χ0n) is 17.2. The predicted octanol–water partition coefficient (Wildman–Crippen LogP) is 3.12. The summed E-state index contributed by atoms with van der Waals surface area (Å²) < 4.78 is 0. The number of nitrogens with zero attached hydrogens (tertiary/aromatic N) is 3. The smallest absolute Gasteiger partial charge is 0.270 e. The topological polar surface area (TPSA) is 95.1 Å². The van der Waals surface area contributed by atoms with Crippen LogP contribution in [0.25, 0.3) is 11.0 Å². The standard InChI is InChI=1S/C22H26N6OS/c1-14-9-15(2)18(24-10-14)11-25-22(29)19-13-30-21(28-19)7-8-23-12-20-26-16-5-3-4-6-17(16)27-20/h3-6,9-10,13,15,18,23H,7-8,11-12H2,1-2H3,(H,25,29)(H,26,27). The molecule has 2 aromatic heterocycles. The van der Waals surface area contributed by atoms with E-state index in [-0.39, 0.29) is 11.9 Å². The van der Waals surface area contributed by atoms with Crippen LogP contribution in [0.1, 0.15) is 35.2 Å². The summed E-state index contributed by atoms with van der Waals surface area (Å²) in [6.07, 6.45) is 4.82. The SMILES string of the molecule is CC1=CC(C)C(CNC(=O)c2csc(CCNCc3nc4ccccc4[nH]3)n2)N=C1. The molecule has 3 aromatic rings. The van der Waals surface area contributed by atoms with Crippen LogP contribution >= 0.6 is 11.3 Å². The van der Waals surface area contributed by atoms with Gasteiger partial charge in [-0.05, 0) is 30.5 Å². The highest BCUT2D eigenvalue weighted by Crippen LogP contribution is 2.16. The Morgan fingerprint density at radius 3 is 2.97 bits per heavy atom. The van der Waals surface area contributed by atoms with Gasteiger partial charge in [-0.3, -0.25) is 9.79 Å². The van der Waals surface area contributed by atoms with Crippen molar-refractivity contribution in [3.63, 3.8) is 0 Å². The summed E-state index contributed by atoms with van der Waals surface area (Å²) >= 11 is 1.52. The largest absolute Gasteiger partial charge is 0.349 e. The van der Waals surface area contributed by atoms with Crippen molar-refractivity contribution in [2.24, 2.45) is 10.9 Å². The minimum absolute atomic E-state index is 0.0817. The van der Waals surface area contributed by atoms with Gasteiger partial charge < -0.3 is 15.6 Å². The van der Waals surface area contributed by atoms with Crippen molar-refractivity contribution in [1.82, 2.24) is 25.6 Å². The molecule has 0 saturated carbocycles. The first-order valence-electron chi connectivity index (χ1n) is 10.2. The number of carbonyl (C=O) groups is 1. The number of carbonyl (C=O) groups excluding carboxylic acids is 1. The molecule has 1 aliphatic rings. The Labute approximate surface area is 179 Å². The molecule has 156 valence electrons. The number of thiazole rings is 1. The molecule has 0 radical (unpaired) electrons. The van der Waals surface area contributed by atoms with Gasteiger partial charge in [0.15, 0.2) is 0 Å². The fourth-order valence-corrected chi connectivity index (χ4v) is 4.24. The number of nitrogens with one attached hydrogen (secondary N) is 3. The highest BCUT2D eigenvalue weighted by molar-refractivity contribution is 7.09. The van der Waals surface area contributed by atoms with Crippen LogP contribution in [0.4, 0.5) is 0 Å². The lowest BCUT2D eigenvalue weighted by Crippen LogP contribution is -2.35. The maximum atomic E-state index is 12.4. The van der Waals surface area contributed by atoms with Gasteiger partial charge in [0.25, 0.3) is 5.91 Å². The van der Waals surface area contributed by atoms with E-state index in [1.807, 2.05) is 42.8 Å². The van der Waals surface area contributed by atoms with Crippen molar-refractivity contribution in [3.8, 4) is 0 Å². The lowest BCUT2D eigenvalue weighted by atomic mass is 9.97. The number of aliphatic imine (C=N–C) groups is 1. The summed E-state index contributed by atoms with van der Waals surface area (Å²) in [6.45, 7) is 6.12. The van der Waals surface area contributed by atoms with E-state index in [0.717, 1.165) is 34.8 Å². The molecule has 4 rings (SSSR count). The van der Waals surface area contributed by atoms with Crippen molar-refractivity contribution in [2.45, 2.75) is 32.9 Å². The van der Waals surface area contributed by atoms with Gasteiger partial charge in [0.2, 0.25) is 0 Å². The molecule has 7 nitrogen and oxygen atoms in total. The number of fused-ring (bicyclic) bond motifs is 1. The maximum absolute atomic E-state index is 12.4. The molecule has 0 bridgehead atoms. The number of H-pyrrole nitrogens is 1. The molecule has 30 heavy (non-hydrogen) atoms. The number of hydrogen-bond acceptors (Lipinski definition) is 6.